The van der Waals surface area contributed by atoms with Gasteiger partial charge in [0.1, 0.15) is 11.4 Å². The monoisotopic (exact) mass is 330 g/mol. The molecular weight excluding hydrogens is 316 g/mol. The topological polar surface area (TPSA) is 26.3 Å². The van der Waals surface area contributed by atoms with E-state index >= 15 is 0 Å². The molecule has 2 rings (SSSR count). The van der Waals surface area contributed by atoms with Gasteiger partial charge in [-0.1, -0.05) is 83.2 Å². The Balaban J connectivity index is 1.93. The van der Waals surface area contributed by atoms with Gasteiger partial charge in [0, 0.05) is 0 Å². The zero-order valence-electron chi connectivity index (χ0n) is 11.0. The van der Waals surface area contributed by atoms with Crippen LogP contribution in [-0.4, -0.2) is 5.97 Å². The molecule has 0 N–H and O–H groups in total. The molecule has 0 aliphatic carbocycles. The van der Waals surface area contributed by atoms with Crippen molar-refractivity contribution < 1.29 is 9.53 Å². The van der Waals surface area contributed by atoms with Crippen LogP contribution in [0, 0.1) is 0 Å². The number of halogens is 1. The average molecular weight is 331 g/mol. The molecular formula is C17H15BrO2. The summed E-state index contributed by atoms with van der Waals surface area (Å²) in [6, 6.07) is 17.2. The number of hydrogen-bond donors (Lipinski definition) is 0. The lowest BCUT2D eigenvalue weighted by molar-refractivity contribution is -0.144. The molecule has 0 bridgehead atoms. The molecule has 0 heterocycles. The van der Waals surface area contributed by atoms with E-state index in [4.69, 9.17) is 4.74 Å². The van der Waals surface area contributed by atoms with E-state index in [-0.39, 0.29) is 12.6 Å². The molecule has 0 aliphatic rings. The molecule has 102 valence electrons. The second-order valence-corrected chi connectivity index (χ2v) is 5.24. The van der Waals surface area contributed by atoms with Gasteiger partial charge in [-0.2, -0.15) is 0 Å². The van der Waals surface area contributed by atoms with Crippen LogP contribution < -0.4 is 0 Å². The Labute approximate surface area is 127 Å². The van der Waals surface area contributed by atoms with Crippen molar-refractivity contribution in [2.24, 2.45) is 0 Å². The number of carbonyl (C=O) groups is 1. The van der Waals surface area contributed by atoms with Gasteiger partial charge in [-0.25, -0.2) is 0 Å². The first-order valence-electron chi connectivity index (χ1n) is 6.28. The second-order valence-electron chi connectivity index (χ2n) is 4.33. The maximum absolute atomic E-state index is 12.0. The van der Waals surface area contributed by atoms with Crippen molar-refractivity contribution >= 4 is 28.0 Å². The Morgan fingerprint density at radius 3 is 2.40 bits per heavy atom. The Bertz CT molecular complexity index is 576. The predicted molar refractivity (Wildman–Crippen MR) is 84.4 cm³/mol. The minimum Gasteiger partial charge on any atom is -0.460 e. The summed E-state index contributed by atoms with van der Waals surface area (Å²) >= 11 is 3.36. The summed E-state index contributed by atoms with van der Waals surface area (Å²) < 4.78 is 5.31. The van der Waals surface area contributed by atoms with Crippen molar-refractivity contribution in [1.29, 1.82) is 0 Å². The Kier molecular flexibility index (Phi) is 5.13. The highest BCUT2D eigenvalue weighted by atomic mass is 79.9. The average Bonchev–Trinajstić information content (AvgIpc) is 2.53. The van der Waals surface area contributed by atoms with Gasteiger partial charge in [-0.05, 0) is 16.7 Å². The number of hydrogen-bond acceptors (Lipinski definition) is 2. The SMILES string of the molecule is C=Cc1ccc(COC(=O)C(Br)c2ccccc2)cc1. The van der Waals surface area contributed by atoms with Crippen LogP contribution in [0.1, 0.15) is 21.5 Å². The van der Waals surface area contributed by atoms with E-state index in [1.165, 1.54) is 0 Å². The summed E-state index contributed by atoms with van der Waals surface area (Å²) in [5.41, 5.74) is 2.89. The number of carbonyl (C=O) groups excluding carboxylic acids is 1. The molecule has 0 saturated carbocycles. The number of rotatable bonds is 5. The van der Waals surface area contributed by atoms with Crippen LogP contribution in [0.3, 0.4) is 0 Å². The second kappa shape index (κ2) is 7.06. The van der Waals surface area contributed by atoms with Crippen LogP contribution in [0.15, 0.2) is 61.2 Å². The minimum absolute atomic E-state index is 0.269. The van der Waals surface area contributed by atoms with Gasteiger partial charge in [0.2, 0.25) is 0 Å². The first-order valence-corrected chi connectivity index (χ1v) is 7.19. The summed E-state index contributed by atoms with van der Waals surface area (Å²) in [6.07, 6.45) is 1.78. The molecule has 0 aliphatic heterocycles. The number of esters is 1. The molecule has 0 saturated heterocycles. The van der Waals surface area contributed by atoms with Gasteiger partial charge < -0.3 is 4.74 Å². The lowest BCUT2D eigenvalue weighted by Gasteiger charge is -2.10. The standard InChI is InChI=1S/C17H15BrO2/c1-2-13-8-10-14(11-9-13)12-20-17(19)16(18)15-6-4-3-5-7-15/h2-11,16H,1,12H2. The summed E-state index contributed by atoms with van der Waals surface area (Å²) in [4.78, 5) is 11.5. The fourth-order valence-corrected chi connectivity index (χ4v) is 2.17. The van der Waals surface area contributed by atoms with E-state index in [0.717, 1.165) is 16.7 Å². The van der Waals surface area contributed by atoms with E-state index in [0.29, 0.717) is 0 Å². The van der Waals surface area contributed by atoms with Gasteiger partial charge in [0.25, 0.3) is 0 Å². The third kappa shape index (κ3) is 3.81. The molecule has 20 heavy (non-hydrogen) atoms. The first-order chi connectivity index (χ1) is 9.70. The van der Waals surface area contributed by atoms with Crippen LogP contribution in [0.5, 0.6) is 0 Å². The summed E-state index contributed by atoms with van der Waals surface area (Å²) in [5.74, 6) is -0.288. The van der Waals surface area contributed by atoms with Crippen LogP contribution >= 0.6 is 15.9 Å². The van der Waals surface area contributed by atoms with Crippen LogP contribution in [0.4, 0.5) is 0 Å². The van der Waals surface area contributed by atoms with Crippen molar-refractivity contribution in [3.63, 3.8) is 0 Å². The Hall–Kier alpha value is -1.87. The number of benzene rings is 2. The van der Waals surface area contributed by atoms with E-state index in [1.54, 1.807) is 6.08 Å². The molecule has 2 nitrogen and oxygen atoms in total. The third-order valence-electron chi connectivity index (χ3n) is 2.90. The van der Waals surface area contributed by atoms with Crippen LogP contribution in [0.25, 0.3) is 6.08 Å². The third-order valence-corrected chi connectivity index (χ3v) is 3.80. The molecule has 0 spiro atoms. The highest BCUT2D eigenvalue weighted by Crippen LogP contribution is 2.24. The molecule has 2 aromatic rings. The molecule has 3 heteroatoms. The fourth-order valence-electron chi connectivity index (χ4n) is 1.74. The maximum atomic E-state index is 12.0. The Morgan fingerprint density at radius 2 is 1.80 bits per heavy atom. The number of alkyl halides is 1. The minimum atomic E-state index is -0.434. The molecule has 0 amide bonds. The summed E-state index contributed by atoms with van der Waals surface area (Å²) in [7, 11) is 0. The van der Waals surface area contributed by atoms with Crippen molar-refractivity contribution in [1.82, 2.24) is 0 Å². The zero-order chi connectivity index (χ0) is 14.4. The van der Waals surface area contributed by atoms with E-state index < -0.39 is 4.83 Å². The zero-order valence-corrected chi connectivity index (χ0v) is 12.5. The van der Waals surface area contributed by atoms with Gasteiger partial charge in [-0.3, -0.25) is 4.79 Å². The van der Waals surface area contributed by atoms with Crippen molar-refractivity contribution in [2.75, 3.05) is 0 Å². The maximum Gasteiger partial charge on any atom is 0.324 e. The molecule has 0 aromatic heterocycles. The quantitative estimate of drug-likeness (QED) is 0.595. The van der Waals surface area contributed by atoms with Gasteiger partial charge in [-0.15, -0.1) is 0 Å². The van der Waals surface area contributed by atoms with Crippen molar-refractivity contribution in [3.05, 3.63) is 77.9 Å². The fraction of sp³-hybridized carbons (Fsp3) is 0.118. The lowest BCUT2D eigenvalue weighted by atomic mass is 10.1. The molecule has 1 unspecified atom stereocenters. The van der Waals surface area contributed by atoms with Gasteiger partial charge >= 0.3 is 5.97 Å². The summed E-state index contributed by atoms with van der Waals surface area (Å²) in [6.45, 7) is 3.97. The van der Waals surface area contributed by atoms with Crippen LogP contribution in [0.2, 0.25) is 0 Å². The molecule has 2 aromatic carbocycles. The molecule has 1 atom stereocenters. The van der Waals surface area contributed by atoms with Gasteiger partial charge in [0.15, 0.2) is 0 Å². The van der Waals surface area contributed by atoms with E-state index in [1.807, 2.05) is 54.6 Å². The Morgan fingerprint density at radius 1 is 1.15 bits per heavy atom. The van der Waals surface area contributed by atoms with E-state index in [9.17, 15) is 4.79 Å². The van der Waals surface area contributed by atoms with E-state index in [2.05, 4.69) is 22.5 Å². The van der Waals surface area contributed by atoms with Crippen molar-refractivity contribution in [2.45, 2.75) is 11.4 Å². The van der Waals surface area contributed by atoms with Gasteiger partial charge in [0.05, 0.1) is 0 Å². The molecule has 0 radical (unpaired) electrons. The highest BCUT2D eigenvalue weighted by molar-refractivity contribution is 9.09. The van der Waals surface area contributed by atoms with Crippen molar-refractivity contribution in [3.8, 4) is 0 Å². The first kappa shape index (κ1) is 14.5. The predicted octanol–water partition coefficient (Wildman–Crippen LogP) is 4.51. The normalized spacial score (nSPS) is 11.7. The largest absolute Gasteiger partial charge is 0.460 e. The smallest absolute Gasteiger partial charge is 0.324 e. The number of ether oxygens (including phenoxy) is 1. The summed E-state index contributed by atoms with van der Waals surface area (Å²) in [5, 5.41) is 0. The van der Waals surface area contributed by atoms with Crippen LogP contribution in [-0.2, 0) is 16.1 Å². The lowest BCUT2D eigenvalue weighted by Crippen LogP contribution is -2.10. The molecule has 0 fully saturated rings. The highest BCUT2D eigenvalue weighted by Gasteiger charge is 2.18.